The highest BCUT2D eigenvalue weighted by Crippen LogP contribution is 2.32. The minimum atomic E-state index is -0.343. The van der Waals surface area contributed by atoms with Crippen LogP contribution >= 0.6 is 24.0 Å². The van der Waals surface area contributed by atoms with Gasteiger partial charge in [0.05, 0.1) is 13.2 Å². The van der Waals surface area contributed by atoms with Crippen LogP contribution in [0.1, 0.15) is 44.7 Å². The van der Waals surface area contributed by atoms with Crippen LogP contribution in [0, 0.1) is 11.7 Å². The molecule has 0 bridgehead atoms. The lowest BCUT2D eigenvalue weighted by Crippen LogP contribution is -2.38. The molecule has 0 aliphatic heterocycles. The van der Waals surface area contributed by atoms with Gasteiger partial charge in [0.2, 0.25) is 0 Å². The predicted molar refractivity (Wildman–Crippen MR) is 103 cm³/mol. The highest BCUT2D eigenvalue weighted by molar-refractivity contribution is 14.0. The highest BCUT2D eigenvalue weighted by Gasteiger charge is 2.20. The lowest BCUT2D eigenvalue weighted by molar-refractivity contribution is 0.386. The van der Waals surface area contributed by atoms with E-state index in [1.54, 1.807) is 6.07 Å². The molecule has 1 fully saturated rings. The molecule has 1 aromatic rings. The third-order valence-corrected chi connectivity index (χ3v) is 3.88. The maximum atomic E-state index is 13.8. The maximum Gasteiger partial charge on any atom is 0.191 e. The second kappa shape index (κ2) is 9.95. The normalized spacial score (nSPS) is 15.6. The summed E-state index contributed by atoms with van der Waals surface area (Å²) < 4.78 is 18.7. The number of rotatable bonds is 7. The maximum absolute atomic E-state index is 13.8. The Hall–Kier alpha value is -1.05. The van der Waals surface area contributed by atoms with E-state index in [0.29, 0.717) is 0 Å². The quantitative estimate of drug-likeness (QED) is 0.389. The van der Waals surface area contributed by atoms with E-state index in [4.69, 9.17) is 4.74 Å². The molecule has 0 heterocycles. The number of nitrogens with zero attached hydrogens (tertiary/aromatic N) is 1. The Morgan fingerprint density at radius 3 is 2.74 bits per heavy atom. The number of hydrogen-bond donors (Lipinski definition) is 2. The van der Waals surface area contributed by atoms with Crippen molar-refractivity contribution in [3.05, 3.63) is 29.6 Å². The van der Waals surface area contributed by atoms with Gasteiger partial charge in [-0.2, -0.15) is 0 Å². The van der Waals surface area contributed by atoms with E-state index in [-0.39, 0.29) is 41.6 Å². The second-order valence-corrected chi connectivity index (χ2v) is 5.75. The smallest absolute Gasteiger partial charge is 0.191 e. The molecule has 1 unspecified atom stereocenters. The van der Waals surface area contributed by atoms with Crippen LogP contribution in [-0.4, -0.2) is 26.2 Å². The van der Waals surface area contributed by atoms with Gasteiger partial charge in [-0.3, -0.25) is 4.99 Å². The summed E-state index contributed by atoms with van der Waals surface area (Å²) in [6, 6.07) is 5.00. The molecule has 1 aromatic carbocycles. The third kappa shape index (κ3) is 6.53. The molecule has 1 saturated carbocycles. The average Bonchev–Trinajstić information content (AvgIpc) is 3.31. The molecular weight excluding hydrogens is 408 g/mol. The second-order valence-electron chi connectivity index (χ2n) is 5.75. The molecule has 0 radical (unpaired) electrons. The van der Waals surface area contributed by atoms with Crippen molar-refractivity contribution in [1.82, 2.24) is 10.6 Å². The Kier molecular flexibility index (Phi) is 8.65. The van der Waals surface area contributed by atoms with Gasteiger partial charge < -0.3 is 15.4 Å². The van der Waals surface area contributed by atoms with Crippen molar-refractivity contribution in [2.24, 2.45) is 10.9 Å². The third-order valence-electron chi connectivity index (χ3n) is 3.88. The van der Waals surface area contributed by atoms with Crippen LogP contribution in [-0.2, 0) is 0 Å². The van der Waals surface area contributed by atoms with Crippen molar-refractivity contribution in [1.29, 1.82) is 0 Å². The Labute approximate surface area is 155 Å². The van der Waals surface area contributed by atoms with Crippen LogP contribution in [0.25, 0.3) is 0 Å². The summed E-state index contributed by atoms with van der Waals surface area (Å²) in [6.45, 7) is 5.67. The number of guanidine groups is 1. The molecular formula is C17H27FIN3O. The van der Waals surface area contributed by atoms with Gasteiger partial charge in [-0.25, -0.2) is 4.39 Å². The first-order chi connectivity index (χ1) is 10.6. The van der Waals surface area contributed by atoms with E-state index >= 15 is 0 Å². The van der Waals surface area contributed by atoms with Crippen molar-refractivity contribution >= 4 is 29.9 Å². The van der Waals surface area contributed by atoms with E-state index in [2.05, 4.69) is 15.6 Å². The molecule has 0 amide bonds. The van der Waals surface area contributed by atoms with Gasteiger partial charge in [0.1, 0.15) is 0 Å². The zero-order valence-electron chi connectivity index (χ0n) is 14.1. The summed E-state index contributed by atoms with van der Waals surface area (Å²) in [5.74, 6) is 1.58. The van der Waals surface area contributed by atoms with Crippen molar-refractivity contribution in [3.63, 3.8) is 0 Å². The molecule has 2 rings (SSSR count). The Morgan fingerprint density at radius 2 is 2.17 bits per heavy atom. The molecule has 130 valence electrons. The van der Waals surface area contributed by atoms with E-state index in [9.17, 15) is 4.39 Å². The van der Waals surface area contributed by atoms with Gasteiger partial charge in [0.15, 0.2) is 17.5 Å². The van der Waals surface area contributed by atoms with Crippen LogP contribution in [0.15, 0.2) is 23.2 Å². The number of hydrogen-bond acceptors (Lipinski definition) is 2. The van der Waals surface area contributed by atoms with Gasteiger partial charge in [0, 0.05) is 13.1 Å². The molecule has 23 heavy (non-hydrogen) atoms. The number of benzene rings is 1. The zero-order chi connectivity index (χ0) is 15.9. The Morgan fingerprint density at radius 1 is 1.43 bits per heavy atom. The van der Waals surface area contributed by atoms with Gasteiger partial charge in [-0.05, 0) is 43.9 Å². The first-order valence-corrected chi connectivity index (χ1v) is 8.02. The van der Waals surface area contributed by atoms with Gasteiger partial charge in [0.25, 0.3) is 0 Å². The summed E-state index contributed by atoms with van der Waals surface area (Å²) in [7, 11) is 1.47. The zero-order valence-corrected chi connectivity index (χ0v) is 16.4. The Balaban J connectivity index is 0.00000264. The van der Waals surface area contributed by atoms with Crippen molar-refractivity contribution in [2.45, 2.75) is 39.2 Å². The van der Waals surface area contributed by atoms with Gasteiger partial charge >= 0.3 is 0 Å². The number of methoxy groups -OCH3 is 1. The fourth-order valence-corrected chi connectivity index (χ4v) is 2.33. The predicted octanol–water partition coefficient (Wildman–Crippen LogP) is 3.87. The minimum Gasteiger partial charge on any atom is -0.494 e. The summed E-state index contributed by atoms with van der Waals surface area (Å²) in [6.07, 6.45) is 3.85. The first-order valence-electron chi connectivity index (χ1n) is 8.02. The standard InChI is InChI=1S/C17H26FN3O.HI/c1-4-19-17(20-10-9-13-5-6-13)21-12(2)14-7-8-16(22-3)15(18)11-14;/h7-8,11-13H,4-6,9-10H2,1-3H3,(H2,19,20,21);1H. The lowest BCUT2D eigenvalue weighted by atomic mass is 10.1. The van der Waals surface area contributed by atoms with E-state index in [1.165, 1.54) is 26.0 Å². The molecule has 4 nitrogen and oxygen atoms in total. The number of aliphatic imine (C=N–C) groups is 1. The average molecular weight is 435 g/mol. The molecule has 1 atom stereocenters. The van der Waals surface area contributed by atoms with Crippen LogP contribution in [0.2, 0.25) is 0 Å². The summed E-state index contributed by atoms with van der Waals surface area (Å²) in [4.78, 5) is 4.59. The van der Waals surface area contributed by atoms with Crippen LogP contribution in [0.3, 0.4) is 0 Å². The molecule has 0 aromatic heterocycles. The summed E-state index contributed by atoms with van der Waals surface area (Å²) in [5.41, 5.74) is 0.867. The molecule has 1 aliphatic carbocycles. The fraction of sp³-hybridized carbons (Fsp3) is 0.588. The molecule has 0 saturated heterocycles. The van der Waals surface area contributed by atoms with E-state index in [1.807, 2.05) is 19.9 Å². The van der Waals surface area contributed by atoms with E-state index < -0.39 is 0 Å². The van der Waals surface area contributed by atoms with Crippen molar-refractivity contribution in [3.8, 4) is 5.75 Å². The van der Waals surface area contributed by atoms with Crippen molar-refractivity contribution in [2.75, 3.05) is 20.2 Å². The number of nitrogens with one attached hydrogen (secondary N) is 2. The summed E-state index contributed by atoms with van der Waals surface area (Å²) >= 11 is 0. The Bertz CT molecular complexity index is 521. The molecule has 6 heteroatoms. The number of halogens is 2. The molecule has 0 spiro atoms. The van der Waals surface area contributed by atoms with Crippen LogP contribution in [0.5, 0.6) is 5.75 Å². The van der Waals surface area contributed by atoms with Crippen LogP contribution in [0.4, 0.5) is 4.39 Å². The first kappa shape index (κ1) is 20.0. The monoisotopic (exact) mass is 435 g/mol. The molecule has 1 aliphatic rings. The van der Waals surface area contributed by atoms with Crippen molar-refractivity contribution < 1.29 is 9.13 Å². The van der Waals surface area contributed by atoms with E-state index in [0.717, 1.165) is 37.0 Å². The topological polar surface area (TPSA) is 45.7 Å². The largest absolute Gasteiger partial charge is 0.494 e. The van der Waals surface area contributed by atoms with Crippen LogP contribution < -0.4 is 15.4 Å². The lowest BCUT2D eigenvalue weighted by Gasteiger charge is -2.18. The molecule has 2 N–H and O–H groups in total. The highest BCUT2D eigenvalue weighted by atomic mass is 127. The minimum absolute atomic E-state index is 0. The SMILES string of the molecule is CCNC(=NCCC1CC1)NC(C)c1ccc(OC)c(F)c1.I. The number of ether oxygens (including phenoxy) is 1. The summed E-state index contributed by atoms with van der Waals surface area (Å²) in [5, 5.41) is 6.56. The fourth-order valence-electron chi connectivity index (χ4n) is 2.33. The van der Waals surface area contributed by atoms with Gasteiger partial charge in [-0.15, -0.1) is 24.0 Å². The van der Waals surface area contributed by atoms with Gasteiger partial charge in [-0.1, -0.05) is 18.9 Å².